The maximum Gasteiger partial charge on any atom is 0.157 e. The van der Waals surface area contributed by atoms with Crippen molar-refractivity contribution >= 4 is 0 Å². The molecule has 3 nitrogen and oxygen atoms in total. The van der Waals surface area contributed by atoms with Crippen LogP contribution in [0.3, 0.4) is 0 Å². The van der Waals surface area contributed by atoms with Crippen molar-refractivity contribution in [2.75, 3.05) is 13.2 Å². The summed E-state index contributed by atoms with van der Waals surface area (Å²) in [5, 5.41) is 10.1. The van der Waals surface area contributed by atoms with E-state index < -0.39 is 0 Å². The highest BCUT2D eigenvalue weighted by molar-refractivity contribution is 5.43. The van der Waals surface area contributed by atoms with Crippen LogP contribution in [0.15, 0.2) is 30.9 Å². The number of ether oxygens (including phenoxy) is 2. The highest BCUT2D eigenvalue weighted by atomic mass is 16.7. The molecule has 0 spiro atoms. The van der Waals surface area contributed by atoms with Crippen LogP contribution in [-0.2, 0) is 15.9 Å². The minimum absolute atomic E-state index is 0.00538. The minimum Gasteiger partial charge on any atom is -0.508 e. The summed E-state index contributed by atoms with van der Waals surface area (Å²) in [5.74, 6) is 1.53. The Hall–Kier alpha value is -1.32. The van der Waals surface area contributed by atoms with Gasteiger partial charge in [-0.25, -0.2) is 0 Å². The number of phenolic OH excluding ortho intramolecular Hbond substituents is 1. The van der Waals surface area contributed by atoms with Crippen molar-refractivity contribution in [3.63, 3.8) is 0 Å². The zero-order chi connectivity index (χ0) is 19.2. The number of hydrogen-bond acceptors (Lipinski definition) is 3. The van der Waals surface area contributed by atoms with Gasteiger partial charge in [0.2, 0.25) is 0 Å². The Bertz CT molecular complexity index is 737. The maximum absolute atomic E-state index is 10.1. The molecule has 0 amide bonds. The van der Waals surface area contributed by atoms with Crippen LogP contribution in [0.25, 0.3) is 0 Å². The average Bonchev–Trinajstić information content (AvgIpc) is 3.18. The van der Waals surface area contributed by atoms with Crippen LogP contribution >= 0.6 is 0 Å². The second-order valence-corrected chi connectivity index (χ2v) is 9.71. The quantitative estimate of drug-likeness (QED) is 0.677. The third-order valence-corrected chi connectivity index (χ3v) is 8.54. The highest BCUT2D eigenvalue weighted by Crippen LogP contribution is 2.67. The third-order valence-electron chi connectivity index (χ3n) is 8.54. The Morgan fingerprint density at radius 1 is 1.14 bits per heavy atom. The molecule has 1 saturated heterocycles. The van der Waals surface area contributed by atoms with Crippen molar-refractivity contribution in [3.05, 3.63) is 42.0 Å². The van der Waals surface area contributed by atoms with Crippen LogP contribution in [0, 0.1) is 16.7 Å². The molecule has 28 heavy (non-hydrogen) atoms. The molecule has 3 heteroatoms. The largest absolute Gasteiger partial charge is 0.508 e. The maximum atomic E-state index is 10.1. The lowest BCUT2D eigenvalue weighted by Crippen LogP contribution is -2.51. The van der Waals surface area contributed by atoms with Crippen LogP contribution in [0.4, 0.5) is 0 Å². The molecule has 1 N–H and O–H groups in total. The number of allylic oxidation sites excluding steroid dienone is 1. The lowest BCUT2D eigenvalue weighted by molar-refractivity contribution is -0.192. The van der Waals surface area contributed by atoms with E-state index in [4.69, 9.17) is 9.47 Å². The molecular formula is C25H34O3. The number of benzene rings is 1. The first-order valence-electron chi connectivity index (χ1n) is 11.4. The standard InChI is InChI=1S/C25H34O3/c1-2-25-14-10-18-8-9-19(26)16-20(18)21(25)11-13-24(12-5-6-22(24)25)17-28-23-7-3-4-15-27-23/h2,8-9,16,21-23,26H,1,3-7,10-15,17H2/t21-,22-,23?,24+,25-/m1/s1. The van der Waals surface area contributed by atoms with E-state index in [0.717, 1.165) is 26.1 Å². The van der Waals surface area contributed by atoms with Crippen molar-refractivity contribution in [1.82, 2.24) is 0 Å². The van der Waals surface area contributed by atoms with Gasteiger partial charge in [0.15, 0.2) is 6.29 Å². The summed E-state index contributed by atoms with van der Waals surface area (Å²) < 4.78 is 12.3. The van der Waals surface area contributed by atoms with Gasteiger partial charge in [-0.15, -0.1) is 6.58 Å². The van der Waals surface area contributed by atoms with E-state index in [1.165, 1.54) is 62.5 Å². The summed E-state index contributed by atoms with van der Waals surface area (Å²) in [6.07, 6.45) is 14.3. The second kappa shape index (κ2) is 7.18. The van der Waals surface area contributed by atoms with Crippen molar-refractivity contribution in [3.8, 4) is 5.75 Å². The molecule has 3 aliphatic carbocycles. The fraction of sp³-hybridized carbons (Fsp3) is 0.680. The molecule has 0 bridgehead atoms. The SMILES string of the molecule is C=C[C@@]12CCc3ccc(O)cc3[C@H]1CC[C@]1(COC3CCCCO3)CCC[C@H]12. The summed E-state index contributed by atoms with van der Waals surface area (Å²) >= 11 is 0. The molecule has 0 aromatic heterocycles. The molecule has 1 aromatic carbocycles. The van der Waals surface area contributed by atoms with Gasteiger partial charge in [0.1, 0.15) is 5.75 Å². The normalized spacial score (nSPS) is 39.6. The molecular weight excluding hydrogens is 348 g/mol. The molecule has 1 aromatic rings. The first-order chi connectivity index (χ1) is 13.7. The van der Waals surface area contributed by atoms with E-state index >= 15 is 0 Å². The van der Waals surface area contributed by atoms with Crippen LogP contribution in [0.5, 0.6) is 5.75 Å². The van der Waals surface area contributed by atoms with Crippen molar-refractivity contribution < 1.29 is 14.6 Å². The van der Waals surface area contributed by atoms with Gasteiger partial charge in [0, 0.05) is 6.61 Å². The molecule has 1 unspecified atom stereocenters. The molecule has 5 atom stereocenters. The predicted molar refractivity (Wildman–Crippen MR) is 110 cm³/mol. The molecule has 0 radical (unpaired) electrons. The lowest BCUT2D eigenvalue weighted by Gasteiger charge is -2.57. The summed E-state index contributed by atoms with van der Waals surface area (Å²) in [7, 11) is 0. The third kappa shape index (κ3) is 2.85. The molecule has 4 aliphatic rings. The van der Waals surface area contributed by atoms with Gasteiger partial charge in [-0.2, -0.15) is 0 Å². The van der Waals surface area contributed by atoms with E-state index in [0.29, 0.717) is 17.6 Å². The van der Waals surface area contributed by atoms with Crippen LogP contribution in [-0.4, -0.2) is 24.6 Å². The number of rotatable bonds is 4. The summed E-state index contributed by atoms with van der Waals surface area (Å²) in [5.41, 5.74) is 3.23. The van der Waals surface area contributed by atoms with Gasteiger partial charge in [-0.05, 0) is 104 Å². The van der Waals surface area contributed by atoms with E-state index in [2.05, 4.69) is 18.7 Å². The van der Waals surface area contributed by atoms with Gasteiger partial charge in [0.05, 0.1) is 6.61 Å². The zero-order valence-electron chi connectivity index (χ0n) is 17.0. The van der Waals surface area contributed by atoms with Crippen molar-refractivity contribution in [1.29, 1.82) is 0 Å². The number of fused-ring (bicyclic) bond motifs is 5. The first-order valence-corrected chi connectivity index (χ1v) is 11.4. The Labute approximate surface area is 169 Å². The van der Waals surface area contributed by atoms with E-state index in [1.54, 1.807) is 0 Å². The van der Waals surface area contributed by atoms with Crippen molar-refractivity contribution in [2.24, 2.45) is 16.7 Å². The fourth-order valence-electron chi connectivity index (χ4n) is 7.23. The highest BCUT2D eigenvalue weighted by Gasteiger charge is 2.59. The Morgan fingerprint density at radius 2 is 2.07 bits per heavy atom. The van der Waals surface area contributed by atoms with E-state index in [-0.39, 0.29) is 17.1 Å². The lowest BCUT2D eigenvalue weighted by atomic mass is 9.47. The molecule has 152 valence electrons. The van der Waals surface area contributed by atoms with E-state index in [1.807, 2.05) is 12.1 Å². The van der Waals surface area contributed by atoms with Gasteiger partial charge >= 0.3 is 0 Å². The molecule has 3 fully saturated rings. The fourth-order valence-corrected chi connectivity index (χ4v) is 7.23. The molecule has 2 saturated carbocycles. The zero-order valence-corrected chi connectivity index (χ0v) is 17.0. The second-order valence-electron chi connectivity index (χ2n) is 9.71. The van der Waals surface area contributed by atoms with Gasteiger partial charge < -0.3 is 14.6 Å². The average molecular weight is 383 g/mol. The van der Waals surface area contributed by atoms with Gasteiger partial charge in [0.25, 0.3) is 0 Å². The predicted octanol–water partition coefficient (Wildman–Crippen LogP) is 5.72. The number of aromatic hydroxyl groups is 1. The Balaban J connectivity index is 1.44. The van der Waals surface area contributed by atoms with Crippen LogP contribution < -0.4 is 0 Å². The summed E-state index contributed by atoms with van der Waals surface area (Å²) in [6.45, 7) is 6.06. The number of hydrogen-bond donors (Lipinski definition) is 1. The van der Waals surface area contributed by atoms with Crippen LogP contribution in [0.2, 0.25) is 0 Å². The molecule has 5 rings (SSSR count). The topological polar surface area (TPSA) is 38.7 Å². The number of aryl methyl sites for hydroxylation is 1. The number of phenols is 1. The Morgan fingerprint density at radius 3 is 2.89 bits per heavy atom. The van der Waals surface area contributed by atoms with Gasteiger partial charge in [-0.1, -0.05) is 18.6 Å². The Kier molecular flexibility index (Phi) is 4.79. The minimum atomic E-state index is 0.00538. The van der Waals surface area contributed by atoms with E-state index in [9.17, 15) is 5.11 Å². The molecule has 1 aliphatic heterocycles. The molecule has 1 heterocycles. The van der Waals surface area contributed by atoms with Gasteiger partial charge in [-0.3, -0.25) is 0 Å². The van der Waals surface area contributed by atoms with Crippen LogP contribution in [0.1, 0.15) is 74.8 Å². The monoisotopic (exact) mass is 382 g/mol. The first kappa shape index (κ1) is 18.7. The summed E-state index contributed by atoms with van der Waals surface area (Å²) in [6, 6.07) is 6.02. The van der Waals surface area contributed by atoms with Crippen molar-refractivity contribution in [2.45, 2.75) is 76.4 Å². The summed E-state index contributed by atoms with van der Waals surface area (Å²) in [4.78, 5) is 0. The smallest absolute Gasteiger partial charge is 0.157 e.